The highest BCUT2D eigenvalue weighted by atomic mass is 32.2. The lowest BCUT2D eigenvalue weighted by Gasteiger charge is -2.32. The second-order valence-corrected chi connectivity index (χ2v) is 9.36. The van der Waals surface area contributed by atoms with Crippen molar-refractivity contribution in [2.45, 2.75) is 45.6 Å². The first kappa shape index (κ1) is 23.7. The Hall–Kier alpha value is -1.58. The Morgan fingerprint density at radius 1 is 1.28 bits per heavy atom. The number of hydrogen-bond acceptors (Lipinski definition) is 5. The predicted molar refractivity (Wildman–Crippen MR) is 118 cm³/mol. The van der Waals surface area contributed by atoms with Gasteiger partial charge in [-0.2, -0.15) is 0 Å². The predicted octanol–water partition coefficient (Wildman–Crippen LogP) is 2.03. The van der Waals surface area contributed by atoms with Gasteiger partial charge in [0.25, 0.3) is 0 Å². The van der Waals surface area contributed by atoms with Gasteiger partial charge >= 0.3 is 0 Å². The van der Waals surface area contributed by atoms with Gasteiger partial charge < -0.3 is 15.1 Å². The van der Waals surface area contributed by atoms with Gasteiger partial charge in [0.2, 0.25) is 10.0 Å². The molecule has 1 aliphatic rings. The van der Waals surface area contributed by atoms with Crippen LogP contribution in [-0.4, -0.2) is 75.7 Å². The van der Waals surface area contributed by atoms with E-state index in [1.54, 1.807) is 6.26 Å². The van der Waals surface area contributed by atoms with Crippen LogP contribution >= 0.6 is 0 Å². The smallest absolute Gasteiger partial charge is 0.211 e. The fourth-order valence-corrected chi connectivity index (χ4v) is 4.57. The first-order valence-electron chi connectivity index (χ1n) is 10.7. The Balaban J connectivity index is 1.93. The minimum absolute atomic E-state index is 0.140. The maximum absolute atomic E-state index is 11.7. The van der Waals surface area contributed by atoms with Crippen LogP contribution in [0.2, 0.25) is 0 Å². The van der Waals surface area contributed by atoms with E-state index >= 15 is 0 Å². The van der Waals surface area contributed by atoms with E-state index < -0.39 is 10.0 Å². The van der Waals surface area contributed by atoms with Crippen molar-refractivity contribution in [3.63, 3.8) is 0 Å². The molecule has 1 atom stereocenters. The van der Waals surface area contributed by atoms with Gasteiger partial charge in [-0.25, -0.2) is 12.7 Å². The molecular formula is C20H37N5O3S. The van der Waals surface area contributed by atoms with Crippen LogP contribution in [0.1, 0.15) is 51.3 Å². The summed E-state index contributed by atoms with van der Waals surface area (Å²) in [6, 6.07) is 4.10. The molecule has 1 aliphatic heterocycles. The van der Waals surface area contributed by atoms with E-state index in [2.05, 4.69) is 15.5 Å². The molecule has 0 saturated carbocycles. The first-order chi connectivity index (χ1) is 14.0. The molecule has 2 rings (SSSR count). The zero-order valence-electron chi connectivity index (χ0n) is 18.1. The van der Waals surface area contributed by atoms with Gasteiger partial charge in [-0.05, 0) is 51.4 Å². The number of furan rings is 1. The summed E-state index contributed by atoms with van der Waals surface area (Å²) in [5, 5.41) is 6.60. The lowest BCUT2D eigenvalue weighted by atomic mass is 10.1. The molecule has 0 spiro atoms. The van der Waals surface area contributed by atoms with E-state index in [9.17, 15) is 8.42 Å². The Morgan fingerprint density at radius 3 is 2.62 bits per heavy atom. The molecule has 9 heteroatoms. The average molecular weight is 428 g/mol. The zero-order chi connectivity index (χ0) is 21.1. The molecule has 166 valence electrons. The molecule has 0 bridgehead atoms. The normalized spacial score (nSPS) is 17.4. The lowest BCUT2D eigenvalue weighted by molar-refractivity contribution is 0.150. The Morgan fingerprint density at radius 2 is 2.03 bits per heavy atom. The average Bonchev–Trinajstić information content (AvgIpc) is 3.22. The molecule has 0 amide bonds. The van der Waals surface area contributed by atoms with Gasteiger partial charge in [-0.1, -0.05) is 13.3 Å². The van der Waals surface area contributed by atoms with Gasteiger partial charge in [-0.3, -0.25) is 9.89 Å². The molecule has 0 aliphatic carbocycles. The summed E-state index contributed by atoms with van der Waals surface area (Å²) < 4.78 is 30.6. The third kappa shape index (κ3) is 7.98. The van der Waals surface area contributed by atoms with Crippen LogP contribution in [0.3, 0.4) is 0 Å². The SMILES string of the molecule is CCNC(=NCC(c1ccco1)N1CCCCC1)NCCCN(CC)S(C)(=O)=O. The number of rotatable bonds is 11. The third-order valence-electron chi connectivity index (χ3n) is 5.17. The zero-order valence-corrected chi connectivity index (χ0v) is 18.9. The minimum atomic E-state index is -3.14. The summed E-state index contributed by atoms with van der Waals surface area (Å²) in [6.07, 6.45) is 7.42. The van der Waals surface area contributed by atoms with Crippen molar-refractivity contribution >= 4 is 16.0 Å². The Kier molecular flexibility index (Phi) is 9.96. The van der Waals surface area contributed by atoms with E-state index in [4.69, 9.17) is 9.41 Å². The van der Waals surface area contributed by atoms with Gasteiger partial charge in [0.05, 0.1) is 25.1 Å². The van der Waals surface area contributed by atoms with Gasteiger partial charge in [0.15, 0.2) is 5.96 Å². The summed E-state index contributed by atoms with van der Waals surface area (Å²) >= 11 is 0. The van der Waals surface area contributed by atoms with Crippen LogP contribution in [0.15, 0.2) is 27.8 Å². The van der Waals surface area contributed by atoms with E-state index in [1.807, 2.05) is 26.0 Å². The highest BCUT2D eigenvalue weighted by molar-refractivity contribution is 7.88. The number of aliphatic imine (C=N–C) groups is 1. The van der Waals surface area contributed by atoms with Crippen LogP contribution in [-0.2, 0) is 10.0 Å². The van der Waals surface area contributed by atoms with Crippen molar-refractivity contribution in [3.8, 4) is 0 Å². The van der Waals surface area contributed by atoms with Crippen molar-refractivity contribution in [2.24, 2.45) is 4.99 Å². The maximum Gasteiger partial charge on any atom is 0.211 e. The van der Waals surface area contributed by atoms with Gasteiger partial charge in [-0.15, -0.1) is 0 Å². The standard InChI is InChI=1S/C20H37N5O3S/c1-4-21-20(22-12-10-15-25(5-2)29(3,26)27)23-17-18(19-11-9-16-28-19)24-13-7-6-8-14-24/h9,11,16,18H,4-8,10,12-15,17H2,1-3H3,(H2,21,22,23). The van der Waals surface area contributed by atoms with Crippen molar-refractivity contribution in [2.75, 3.05) is 52.1 Å². The molecule has 0 radical (unpaired) electrons. The van der Waals surface area contributed by atoms with Crippen molar-refractivity contribution in [1.82, 2.24) is 19.8 Å². The fourth-order valence-electron chi connectivity index (χ4n) is 3.64. The van der Waals surface area contributed by atoms with Crippen LogP contribution in [0.5, 0.6) is 0 Å². The van der Waals surface area contributed by atoms with Crippen LogP contribution < -0.4 is 10.6 Å². The maximum atomic E-state index is 11.7. The molecule has 1 fully saturated rings. The van der Waals surface area contributed by atoms with Crippen LogP contribution in [0.25, 0.3) is 0 Å². The quantitative estimate of drug-likeness (QED) is 0.319. The monoisotopic (exact) mass is 427 g/mol. The molecule has 29 heavy (non-hydrogen) atoms. The van der Waals surface area contributed by atoms with E-state index in [0.717, 1.165) is 37.8 Å². The van der Waals surface area contributed by atoms with Crippen molar-refractivity contribution < 1.29 is 12.8 Å². The van der Waals surface area contributed by atoms with E-state index in [-0.39, 0.29) is 6.04 Å². The molecule has 1 aromatic rings. The Labute approximate surface area is 175 Å². The van der Waals surface area contributed by atoms with Gasteiger partial charge in [0.1, 0.15) is 5.76 Å². The summed E-state index contributed by atoms with van der Waals surface area (Å²) in [4.78, 5) is 7.25. The number of nitrogens with one attached hydrogen (secondary N) is 2. The van der Waals surface area contributed by atoms with Crippen molar-refractivity contribution in [3.05, 3.63) is 24.2 Å². The molecular weight excluding hydrogens is 390 g/mol. The topological polar surface area (TPSA) is 90.2 Å². The number of guanidine groups is 1. The largest absolute Gasteiger partial charge is 0.468 e. The molecule has 0 aromatic carbocycles. The number of likely N-dealkylation sites (tertiary alicyclic amines) is 1. The summed E-state index contributed by atoms with van der Waals surface area (Å²) in [5.41, 5.74) is 0. The number of sulfonamides is 1. The van der Waals surface area contributed by atoms with E-state index in [0.29, 0.717) is 26.2 Å². The highest BCUT2D eigenvalue weighted by Crippen LogP contribution is 2.25. The second-order valence-electron chi connectivity index (χ2n) is 7.38. The van der Waals surface area contributed by atoms with Crippen LogP contribution in [0.4, 0.5) is 0 Å². The fraction of sp³-hybridized carbons (Fsp3) is 0.750. The summed E-state index contributed by atoms with van der Waals surface area (Å²) in [5.74, 6) is 1.71. The van der Waals surface area contributed by atoms with E-state index in [1.165, 1.54) is 29.8 Å². The number of hydrogen-bond donors (Lipinski definition) is 2. The van der Waals surface area contributed by atoms with Crippen LogP contribution in [0, 0.1) is 0 Å². The number of piperidine rings is 1. The molecule has 1 saturated heterocycles. The number of nitrogens with zero attached hydrogens (tertiary/aromatic N) is 3. The minimum Gasteiger partial charge on any atom is -0.468 e. The third-order valence-corrected chi connectivity index (χ3v) is 6.55. The second kappa shape index (κ2) is 12.2. The van der Waals surface area contributed by atoms with Gasteiger partial charge in [0, 0.05) is 26.2 Å². The lowest BCUT2D eigenvalue weighted by Crippen LogP contribution is -2.40. The molecule has 8 nitrogen and oxygen atoms in total. The first-order valence-corrected chi connectivity index (χ1v) is 12.5. The summed E-state index contributed by atoms with van der Waals surface area (Å²) in [6.45, 7) is 9.08. The molecule has 1 unspecified atom stereocenters. The van der Waals surface area contributed by atoms with Crippen molar-refractivity contribution in [1.29, 1.82) is 0 Å². The molecule has 2 N–H and O–H groups in total. The highest BCUT2D eigenvalue weighted by Gasteiger charge is 2.24. The molecule has 1 aromatic heterocycles. The Bertz CT molecular complexity index is 700. The summed E-state index contributed by atoms with van der Waals surface area (Å²) in [7, 11) is -3.14. The molecule has 2 heterocycles.